The van der Waals surface area contributed by atoms with Gasteiger partial charge in [0.05, 0.1) is 4.90 Å². The summed E-state index contributed by atoms with van der Waals surface area (Å²) in [5, 5.41) is 10.1. The number of nitrogens with zero attached hydrogens (tertiary/aromatic N) is 3. The third kappa shape index (κ3) is 2.77. The monoisotopic (exact) mass is 361 g/mol. The third-order valence-electron chi connectivity index (χ3n) is 3.86. The maximum absolute atomic E-state index is 12.5. The van der Waals surface area contributed by atoms with Crippen LogP contribution >= 0.6 is 11.6 Å². The van der Waals surface area contributed by atoms with Gasteiger partial charge in [-0.25, -0.2) is 12.7 Å². The molecule has 2 aromatic carbocycles. The van der Waals surface area contributed by atoms with E-state index in [-0.39, 0.29) is 4.90 Å². The molecule has 0 atom stereocenters. The second-order valence-electron chi connectivity index (χ2n) is 5.65. The molecule has 0 unspecified atom stereocenters. The van der Waals surface area contributed by atoms with Crippen LogP contribution in [0.2, 0.25) is 5.15 Å². The highest BCUT2D eigenvalue weighted by Gasteiger charge is 2.21. The molecule has 3 aromatic rings. The summed E-state index contributed by atoms with van der Waals surface area (Å²) in [7, 11) is -0.515. The van der Waals surface area contributed by atoms with Crippen LogP contribution in [0.5, 0.6) is 0 Å². The first-order chi connectivity index (χ1) is 11.3. The first kappa shape index (κ1) is 16.8. The molecule has 0 radical (unpaired) electrons. The van der Waals surface area contributed by atoms with Crippen molar-refractivity contribution in [3.63, 3.8) is 0 Å². The van der Waals surface area contributed by atoms with Crippen LogP contribution in [0.15, 0.2) is 47.4 Å². The van der Waals surface area contributed by atoms with E-state index >= 15 is 0 Å². The second kappa shape index (κ2) is 6.12. The Morgan fingerprint density at radius 1 is 1.00 bits per heavy atom. The molecule has 0 aliphatic heterocycles. The number of aromatic nitrogens is 2. The van der Waals surface area contributed by atoms with Crippen molar-refractivity contribution in [3.8, 4) is 11.3 Å². The van der Waals surface area contributed by atoms with Crippen LogP contribution in [-0.2, 0) is 10.0 Å². The van der Waals surface area contributed by atoms with E-state index in [2.05, 4.69) is 10.2 Å². The zero-order valence-corrected chi connectivity index (χ0v) is 15.1. The van der Waals surface area contributed by atoms with Gasteiger partial charge < -0.3 is 0 Å². The lowest BCUT2D eigenvalue weighted by molar-refractivity contribution is 0.520. The number of aryl methyl sites for hydroxylation is 1. The highest BCUT2D eigenvalue weighted by Crippen LogP contribution is 2.31. The van der Waals surface area contributed by atoms with E-state index in [0.29, 0.717) is 22.0 Å². The molecule has 0 bridgehead atoms. The molecule has 1 aromatic heterocycles. The number of sulfonamides is 1. The van der Waals surface area contributed by atoms with Crippen LogP contribution in [-0.4, -0.2) is 37.0 Å². The Labute approximate surface area is 145 Å². The largest absolute Gasteiger partial charge is 0.242 e. The minimum Gasteiger partial charge on any atom is -0.207 e. The van der Waals surface area contributed by atoms with Gasteiger partial charge >= 0.3 is 0 Å². The Morgan fingerprint density at radius 3 is 2.33 bits per heavy atom. The lowest BCUT2D eigenvalue weighted by atomic mass is 10.0. The number of fused-ring (bicyclic) bond motifs is 1. The van der Waals surface area contributed by atoms with Gasteiger partial charge in [-0.05, 0) is 18.6 Å². The molecule has 0 fully saturated rings. The topological polar surface area (TPSA) is 63.2 Å². The molecule has 0 aliphatic carbocycles. The summed E-state index contributed by atoms with van der Waals surface area (Å²) in [6, 6.07) is 12.8. The van der Waals surface area contributed by atoms with Gasteiger partial charge in [0, 0.05) is 30.4 Å². The van der Waals surface area contributed by atoms with Gasteiger partial charge in [-0.2, -0.15) is 0 Å². The predicted octanol–water partition coefficient (Wildman–Crippen LogP) is 3.51. The first-order valence-corrected chi connectivity index (χ1v) is 9.08. The van der Waals surface area contributed by atoms with Crippen LogP contribution in [0, 0.1) is 6.92 Å². The SMILES string of the molecule is Cc1ccc(-c2nnc(Cl)c3ccccc23)cc1S(=O)(=O)N(C)C. The van der Waals surface area contributed by atoms with Crippen LogP contribution in [0.4, 0.5) is 0 Å². The second-order valence-corrected chi connectivity index (χ2v) is 8.13. The van der Waals surface area contributed by atoms with E-state index in [4.69, 9.17) is 11.6 Å². The van der Waals surface area contributed by atoms with Crippen molar-refractivity contribution in [1.82, 2.24) is 14.5 Å². The van der Waals surface area contributed by atoms with Gasteiger partial charge in [-0.15, -0.1) is 10.2 Å². The standard InChI is InChI=1S/C17H16ClN3O2S/c1-11-8-9-12(10-15(11)24(22,23)21(2)3)16-13-6-4-5-7-14(13)17(18)20-19-16/h4-10H,1-3H3. The molecule has 24 heavy (non-hydrogen) atoms. The van der Waals surface area contributed by atoms with Gasteiger partial charge in [-0.1, -0.05) is 48.0 Å². The fourth-order valence-electron chi connectivity index (χ4n) is 2.51. The van der Waals surface area contributed by atoms with Crippen molar-refractivity contribution in [2.75, 3.05) is 14.1 Å². The summed E-state index contributed by atoms with van der Waals surface area (Å²) >= 11 is 6.11. The number of halogens is 1. The molecule has 7 heteroatoms. The van der Waals surface area contributed by atoms with Gasteiger partial charge in [-0.3, -0.25) is 0 Å². The quantitative estimate of drug-likeness (QED) is 0.716. The molecule has 124 valence electrons. The Hall–Kier alpha value is -2.02. The smallest absolute Gasteiger partial charge is 0.207 e. The summed E-state index contributed by atoms with van der Waals surface area (Å²) < 4.78 is 26.2. The summed E-state index contributed by atoms with van der Waals surface area (Å²) in [6.07, 6.45) is 0. The Kier molecular flexibility index (Phi) is 4.29. The molecular formula is C17H16ClN3O2S. The third-order valence-corrected chi connectivity index (χ3v) is 6.10. The van der Waals surface area contributed by atoms with Crippen molar-refractivity contribution >= 4 is 32.4 Å². The number of rotatable bonds is 3. The number of hydrogen-bond donors (Lipinski definition) is 0. The zero-order valence-electron chi connectivity index (χ0n) is 13.5. The summed E-state index contributed by atoms with van der Waals surface area (Å²) in [5.74, 6) is 0. The lowest BCUT2D eigenvalue weighted by Crippen LogP contribution is -2.23. The zero-order chi connectivity index (χ0) is 17.5. The average molecular weight is 362 g/mol. The van der Waals surface area contributed by atoms with E-state index in [0.717, 1.165) is 10.8 Å². The maximum Gasteiger partial charge on any atom is 0.242 e. The molecule has 5 nitrogen and oxygen atoms in total. The van der Waals surface area contributed by atoms with Crippen molar-refractivity contribution in [3.05, 3.63) is 53.2 Å². The molecule has 0 amide bonds. The van der Waals surface area contributed by atoms with Gasteiger partial charge in [0.2, 0.25) is 10.0 Å². The maximum atomic E-state index is 12.5. The molecule has 0 aliphatic rings. The van der Waals surface area contributed by atoms with Crippen molar-refractivity contribution in [2.45, 2.75) is 11.8 Å². The Balaban J connectivity index is 2.28. The lowest BCUT2D eigenvalue weighted by Gasteiger charge is -2.15. The fraction of sp³-hybridized carbons (Fsp3) is 0.176. The summed E-state index contributed by atoms with van der Waals surface area (Å²) in [4.78, 5) is 0.255. The van der Waals surface area contributed by atoms with E-state index in [1.165, 1.54) is 18.4 Å². The molecule has 3 rings (SSSR count). The fourth-order valence-corrected chi connectivity index (χ4v) is 3.85. The number of benzene rings is 2. The summed E-state index contributed by atoms with van der Waals surface area (Å²) in [5.41, 5.74) is 1.96. The molecular weight excluding hydrogens is 346 g/mol. The van der Waals surface area contributed by atoms with Crippen molar-refractivity contribution < 1.29 is 8.42 Å². The van der Waals surface area contributed by atoms with Crippen LogP contribution in [0.25, 0.3) is 22.0 Å². The van der Waals surface area contributed by atoms with Gasteiger partial charge in [0.15, 0.2) is 5.15 Å². The highest BCUT2D eigenvalue weighted by molar-refractivity contribution is 7.89. The normalized spacial score (nSPS) is 12.0. The molecule has 0 saturated heterocycles. The van der Waals surface area contributed by atoms with E-state index < -0.39 is 10.0 Å². The number of hydrogen-bond acceptors (Lipinski definition) is 4. The van der Waals surface area contributed by atoms with Crippen molar-refractivity contribution in [2.24, 2.45) is 0 Å². The molecule has 0 N–H and O–H groups in total. The summed E-state index contributed by atoms with van der Waals surface area (Å²) in [6.45, 7) is 1.77. The van der Waals surface area contributed by atoms with Gasteiger partial charge in [0.1, 0.15) is 5.69 Å². The molecule has 1 heterocycles. The molecule has 0 saturated carbocycles. The minimum absolute atomic E-state index is 0.255. The van der Waals surface area contributed by atoms with E-state index in [9.17, 15) is 8.42 Å². The predicted molar refractivity (Wildman–Crippen MR) is 95.6 cm³/mol. The van der Waals surface area contributed by atoms with Gasteiger partial charge in [0.25, 0.3) is 0 Å². The van der Waals surface area contributed by atoms with Crippen LogP contribution < -0.4 is 0 Å². The first-order valence-electron chi connectivity index (χ1n) is 7.27. The van der Waals surface area contributed by atoms with Crippen LogP contribution in [0.3, 0.4) is 0 Å². The van der Waals surface area contributed by atoms with Crippen molar-refractivity contribution in [1.29, 1.82) is 0 Å². The van der Waals surface area contributed by atoms with Crippen LogP contribution in [0.1, 0.15) is 5.56 Å². The van der Waals surface area contributed by atoms with E-state index in [1.807, 2.05) is 30.3 Å². The molecule has 0 spiro atoms. The average Bonchev–Trinajstić information content (AvgIpc) is 2.56. The highest BCUT2D eigenvalue weighted by atomic mass is 35.5. The Morgan fingerprint density at radius 2 is 1.67 bits per heavy atom. The minimum atomic E-state index is -3.54. The Bertz CT molecular complexity index is 1030. The van der Waals surface area contributed by atoms with E-state index in [1.54, 1.807) is 19.1 Å².